The first-order valence-electron chi connectivity index (χ1n) is 34.6. The number of benzene rings is 14. The number of nitrogens with zero attached hydrogens (tertiary/aromatic N) is 8. The molecular weight excluding hydrogens is 1250 g/mol. The fourth-order valence-corrected chi connectivity index (χ4v) is 14.6. The molecule has 0 N–H and O–H groups in total. The summed E-state index contributed by atoms with van der Waals surface area (Å²) >= 11 is 0. The van der Waals surface area contributed by atoms with Gasteiger partial charge in [0.25, 0.3) is 0 Å². The van der Waals surface area contributed by atoms with E-state index in [1.807, 2.05) is 60.7 Å². The summed E-state index contributed by atoms with van der Waals surface area (Å²) in [6.07, 6.45) is 0. The average molecular weight is 1320 g/mol. The molecule has 8 aromatic heterocycles. The van der Waals surface area contributed by atoms with Crippen LogP contribution in [0.4, 0.5) is 0 Å². The molecule has 0 bridgehead atoms. The van der Waals surface area contributed by atoms with Crippen LogP contribution in [0.15, 0.2) is 336 Å². The molecular formula is C92H72N8O2. The van der Waals surface area contributed by atoms with Crippen LogP contribution in [0, 0.1) is 27.7 Å². The Hall–Kier alpha value is -13.2. The van der Waals surface area contributed by atoms with E-state index in [0.717, 1.165) is 56.1 Å². The number of furan rings is 2. The number of para-hydroxylation sites is 14. The van der Waals surface area contributed by atoms with Crippen molar-refractivity contribution in [3.8, 4) is 11.4 Å². The molecule has 22 aromatic rings. The number of hydrogen-bond acceptors (Lipinski definition) is 4. The summed E-state index contributed by atoms with van der Waals surface area (Å²) in [4.78, 5) is 9.56. The number of aromatic nitrogens is 8. The highest BCUT2D eigenvalue weighted by molar-refractivity contribution is 6.11. The van der Waals surface area contributed by atoms with Crippen LogP contribution in [0.1, 0.15) is 22.3 Å². The van der Waals surface area contributed by atoms with Gasteiger partial charge < -0.3 is 22.5 Å². The summed E-state index contributed by atoms with van der Waals surface area (Å²) in [6, 6.07) is 114. The van der Waals surface area contributed by atoms with Gasteiger partial charge in [0.2, 0.25) is 11.6 Å². The minimum absolute atomic E-state index is 0.956. The Kier molecular flexibility index (Phi) is 16.0. The Morgan fingerprint density at radius 2 is 0.657 bits per heavy atom. The van der Waals surface area contributed by atoms with Gasteiger partial charge in [-0.1, -0.05) is 211 Å². The van der Waals surface area contributed by atoms with Crippen molar-refractivity contribution < 1.29 is 8.83 Å². The highest BCUT2D eigenvalue weighted by atomic mass is 16.3. The third-order valence-electron chi connectivity index (χ3n) is 19.5. The molecule has 10 heteroatoms. The van der Waals surface area contributed by atoms with Gasteiger partial charge in [0.15, 0.2) is 0 Å². The Bertz CT molecular complexity index is 6780. The average Bonchev–Trinajstić information content (AvgIpc) is 1.57. The van der Waals surface area contributed by atoms with Crippen molar-refractivity contribution in [2.45, 2.75) is 27.7 Å². The number of imidazole rings is 4. The first-order valence-corrected chi connectivity index (χ1v) is 34.6. The van der Waals surface area contributed by atoms with Gasteiger partial charge in [-0.3, -0.25) is 13.4 Å². The van der Waals surface area contributed by atoms with Gasteiger partial charge in [0.1, 0.15) is 22.3 Å². The van der Waals surface area contributed by atoms with Gasteiger partial charge >= 0.3 is 0 Å². The first-order chi connectivity index (χ1) is 50.1. The van der Waals surface area contributed by atoms with Crippen LogP contribution in [0.5, 0.6) is 0 Å². The van der Waals surface area contributed by atoms with E-state index in [0.29, 0.717) is 0 Å². The lowest BCUT2D eigenvalue weighted by Gasteiger charge is -2.07. The fourth-order valence-electron chi connectivity index (χ4n) is 14.6. The number of rotatable bonds is 2. The number of fused-ring (bicyclic) bond motifs is 22. The van der Waals surface area contributed by atoms with Gasteiger partial charge in [-0.25, -0.2) is 9.97 Å². The van der Waals surface area contributed by atoms with E-state index in [1.165, 1.54) is 121 Å². The molecule has 22 rings (SSSR count). The largest absolute Gasteiger partial charge is 0.456 e. The van der Waals surface area contributed by atoms with E-state index >= 15 is 0 Å². The van der Waals surface area contributed by atoms with Crippen LogP contribution >= 0.6 is 0 Å². The second kappa shape index (κ2) is 26.2. The van der Waals surface area contributed by atoms with Crippen molar-refractivity contribution in [1.29, 1.82) is 0 Å². The van der Waals surface area contributed by atoms with Crippen LogP contribution < -0.4 is 0 Å². The molecule has 0 atom stereocenters. The van der Waals surface area contributed by atoms with Crippen LogP contribution in [-0.2, 0) is 14.1 Å². The maximum Gasteiger partial charge on any atom is 0.220 e. The SMILES string of the molecule is Cc1ccc2c(c1)c1ccccc1n2-c1ccccc1.Cc1ccc2c(c1)n1c3ccccc3nc1n2-c1ccccc1.Cc1ccc2oc3ccccc3c2c1.Cc1cccc2c1oc1ccccc12.Cn1c2ccccc2c2ccccc21.Cn1c2ccccc2n2c3ccccc3nc12. The molecule has 0 radical (unpaired) electrons. The standard InChI is InChI=1S/C20H15N3.C19H15N.C14H11N3.C13H11N.2C13H10O/c1-14-11-12-18-19(13-14)23-17-10-6-5-9-16(17)21-20(23)22(18)15-7-3-2-4-8-15;1-14-11-12-19-17(13-14)16-9-5-6-10-18(16)20(19)15-7-3-2-4-8-15;1-16-12-8-4-5-9-13(12)17-11-7-3-2-6-10(11)15-14(16)17;1-14-12-8-4-2-6-10(12)11-7-3-5-9-13(11)14;1-9-5-4-7-11-10-6-2-3-8-12(10)14-13(9)11;1-9-6-7-13-11(8-9)10-4-2-3-5-12(10)14-13/h2-13H,1H3;2-13H,1H3;2-9H,1H3;2-9H,1H3;2*2-8H,1H3. The van der Waals surface area contributed by atoms with Gasteiger partial charge in [-0.05, 0) is 166 Å². The molecule has 102 heavy (non-hydrogen) atoms. The molecule has 0 fully saturated rings. The second-order valence-electron chi connectivity index (χ2n) is 26.1. The van der Waals surface area contributed by atoms with Crippen LogP contribution in [-0.4, -0.2) is 37.0 Å². The molecule has 0 aliphatic rings. The smallest absolute Gasteiger partial charge is 0.220 e. The second-order valence-corrected chi connectivity index (χ2v) is 26.1. The highest BCUT2D eigenvalue weighted by Crippen LogP contribution is 2.36. The van der Waals surface area contributed by atoms with E-state index in [4.69, 9.17) is 13.8 Å². The number of aryl methyl sites for hydroxylation is 6. The lowest BCUT2D eigenvalue weighted by atomic mass is 10.1. The van der Waals surface area contributed by atoms with Crippen molar-refractivity contribution in [3.63, 3.8) is 0 Å². The zero-order valence-corrected chi connectivity index (χ0v) is 57.6. The lowest BCUT2D eigenvalue weighted by Crippen LogP contribution is -1.94. The summed E-state index contributed by atoms with van der Waals surface area (Å²) < 4.78 is 24.9. The summed E-state index contributed by atoms with van der Waals surface area (Å²) in [5, 5.41) is 10.1. The quantitative estimate of drug-likeness (QED) is 0.173. The molecule has 0 spiro atoms. The summed E-state index contributed by atoms with van der Waals surface area (Å²) in [5.41, 5.74) is 25.6. The molecule has 0 aliphatic heterocycles. The predicted molar refractivity (Wildman–Crippen MR) is 426 cm³/mol. The molecule has 0 aliphatic carbocycles. The van der Waals surface area contributed by atoms with Gasteiger partial charge in [0.05, 0.1) is 55.2 Å². The first kappa shape index (κ1) is 62.3. The molecule has 14 aromatic carbocycles. The van der Waals surface area contributed by atoms with Crippen molar-refractivity contribution in [2.24, 2.45) is 14.1 Å². The minimum Gasteiger partial charge on any atom is -0.456 e. The van der Waals surface area contributed by atoms with E-state index in [2.05, 4.69) is 341 Å². The summed E-state index contributed by atoms with van der Waals surface area (Å²) in [7, 11) is 4.17. The van der Waals surface area contributed by atoms with Crippen LogP contribution in [0.3, 0.4) is 0 Å². The molecule has 0 saturated heterocycles. The predicted octanol–water partition coefficient (Wildman–Crippen LogP) is 23.9. The zero-order valence-electron chi connectivity index (χ0n) is 57.6. The van der Waals surface area contributed by atoms with Gasteiger partial charge in [-0.2, -0.15) is 0 Å². The van der Waals surface area contributed by atoms with E-state index in [-0.39, 0.29) is 0 Å². The van der Waals surface area contributed by atoms with Crippen molar-refractivity contribution in [3.05, 3.63) is 350 Å². The van der Waals surface area contributed by atoms with Crippen molar-refractivity contribution in [2.75, 3.05) is 0 Å². The summed E-state index contributed by atoms with van der Waals surface area (Å²) in [6.45, 7) is 8.45. The Balaban J connectivity index is 0.0000000920. The molecule has 8 heterocycles. The Labute approximate surface area is 588 Å². The van der Waals surface area contributed by atoms with E-state index < -0.39 is 0 Å². The van der Waals surface area contributed by atoms with Crippen molar-refractivity contribution in [1.82, 2.24) is 37.0 Å². The van der Waals surface area contributed by atoms with E-state index in [1.54, 1.807) is 0 Å². The number of hydrogen-bond donors (Lipinski definition) is 0. The molecule has 492 valence electrons. The van der Waals surface area contributed by atoms with Gasteiger partial charge in [0, 0.05) is 79.6 Å². The van der Waals surface area contributed by atoms with Crippen molar-refractivity contribution >= 4 is 143 Å². The Morgan fingerprint density at radius 1 is 0.245 bits per heavy atom. The normalized spacial score (nSPS) is 11.4. The summed E-state index contributed by atoms with van der Waals surface area (Å²) in [5.74, 6) is 1.95. The maximum atomic E-state index is 5.78. The maximum absolute atomic E-state index is 5.78. The molecule has 0 amide bonds. The zero-order chi connectivity index (χ0) is 69.0. The molecule has 10 nitrogen and oxygen atoms in total. The minimum atomic E-state index is 0.956. The fraction of sp³-hybridized carbons (Fsp3) is 0.0652. The van der Waals surface area contributed by atoms with Gasteiger partial charge in [-0.15, -0.1) is 0 Å². The van der Waals surface area contributed by atoms with E-state index in [9.17, 15) is 0 Å². The Morgan fingerprint density at radius 3 is 1.28 bits per heavy atom. The molecule has 0 saturated carbocycles. The highest BCUT2D eigenvalue weighted by Gasteiger charge is 2.18. The lowest BCUT2D eigenvalue weighted by molar-refractivity contribution is 0.666. The topological polar surface area (TPSA) is 80.6 Å². The van der Waals surface area contributed by atoms with Crippen LogP contribution in [0.2, 0.25) is 0 Å². The third-order valence-corrected chi connectivity index (χ3v) is 19.5. The monoisotopic (exact) mass is 1320 g/mol. The molecule has 0 unspecified atom stereocenters. The third kappa shape index (κ3) is 11.1. The van der Waals surface area contributed by atoms with Crippen LogP contribution in [0.25, 0.3) is 155 Å².